The van der Waals surface area contributed by atoms with Crippen LogP contribution in [0.15, 0.2) is 54.6 Å². The number of amides is 1. The Morgan fingerprint density at radius 1 is 1.00 bits per heavy atom. The van der Waals surface area contributed by atoms with Crippen LogP contribution in [-0.2, 0) is 11.2 Å². The van der Waals surface area contributed by atoms with Crippen LogP contribution in [-0.4, -0.2) is 37.0 Å². The lowest BCUT2D eigenvalue weighted by Crippen LogP contribution is -2.38. The van der Waals surface area contributed by atoms with Crippen LogP contribution >= 0.6 is 0 Å². The summed E-state index contributed by atoms with van der Waals surface area (Å²) in [6.07, 6.45) is 0.381. The number of hydrogen-bond acceptors (Lipinski definition) is 3. The zero-order valence-electron chi connectivity index (χ0n) is 16.1. The van der Waals surface area contributed by atoms with Gasteiger partial charge >= 0.3 is 0 Å². The van der Waals surface area contributed by atoms with Crippen molar-refractivity contribution in [2.75, 3.05) is 26.2 Å². The Bertz CT molecular complexity index is 652. The van der Waals surface area contributed by atoms with Gasteiger partial charge in [-0.05, 0) is 43.3 Å². The fraction of sp³-hybridized carbons (Fsp3) is 0.409. The molecular weight excluding hydrogens is 324 g/mol. The fourth-order valence-corrected chi connectivity index (χ4v) is 3.13. The van der Waals surface area contributed by atoms with E-state index in [1.165, 1.54) is 5.56 Å². The molecular formula is C22H30N2O2. The minimum Gasteiger partial charge on any atom is -0.494 e. The van der Waals surface area contributed by atoms with Crippen LogP contribution in [0.5, 0.6) is 5.75 Å². The summed E-state index contributed by atoms with van der Waals surface area (Å²) < 4.78 is 5.44. The first-order valence-electron chi connectivity index (χ1n) is 9.45. The van der Waals surface area contributed by atoms with Crippen LogP contribution in [0, 0.1) is 0 Å². The van der Waals surface area contributed by atoms with E-state index in [2.05, 4.69) is 36.2 Å². The number of nitrogens with zero attached hydrogens (tertiary/aromatic N) is 1. The molecule has 0 aliphatic rings. The highest BCUT2D eigenvalue weighted by atomic mass is 16.5. The molecule has 4 heteroatoms. The number of rotatable bonds is 10. The third-order valence-corrected chi connectivity index (χ3v) is 4.53. The Hall–Kier alpha value is -2.33. The van der Waals surface area contributed by atoms with Gasteiger partial charge in [-0.15, -0.1) is 0 Å². The largest absolute Gasteiger partial charge is 0.494 e. The summed E-state index contributed by atoms with van der Waals surface area (Å²) in [5, 5.41) is 3.11. The Balaban J connectivity index is 1.95. The maximum atomic E-state index is 12.4. The molecule has 0 aliphatic heterocycles. The first-order valence-corrected chi connectivity index (χ1v) is 9.45. The summed E-state index contributed by atoms with van der Waals surface area (Å²) in [5.41, 5.74) is 2.22. The zero-order chi connectivity index (χ0) is 18.8. The monoisotopic (exact) mass is 354 g/mol. The third kappa shape index (κ3) is 5.88. The van der Waals surface area contributed by atoms with E-state index in [-0.39, 0.29) is 11.9 Å². The molecule has 1 amide bonds. The molecule has 1 unspecified atom stereocenters. The van der Waals surface area contributed by atoms with Gasteiger partial charge in [-0.1, -0.05) is 56.3 Å². The summed E-state index contributed by atoms with van der Waals surface area (Å²) in [6.45, 7) is 9.42. The molecule has 0 aliphatic carbocycles. The molecule has 0 fully saturated rings. The number of carbonyl (C=O) groups excluding carboxylic acids is 1. The van der Waals surface area contributed by atoms with E-state index in [0.717, 1.165) is 24.4 Å². The van der Waals surface area contributed by atoms with Crippen LogP contribution in [0.3, 0.4) is 0 Å². The van der Waals surface area contributed by atoms with E-state index in [4.69, 9.17) is 4.74 Å². The topological polar surface area (TPSA) is 41.6 Å². The van der Waals surface area contributed by atoms with Crippen LogP contribution in [0.25, 0.3) is 0 Å². The quantitative estimate of drug-likeness (QED) is 0.705. The SMILES string of the molecule is CCOc1ccc(CC(=O)NCC(c2ccccc2)N(CC)CC)cc1. The molecule has 0 bridgehead atoms. The molecule has 1 N–H and O–H groups in total. The van der Waals surface area contributed by atoms with Gasteiger partial charge in [-0.3, -0.25) is 9.69 Å². The fourth-order valence-electron chi connectivity index (χ4n) is 3.13. The molecule has 0 spiro atoms. The maximum absolute atomic E-state index is 12.4. The summed E-state index contributed by atoms with van der Waals surface area (Å²) in [7, 11) is 0. The number of ether oxygens (including phenoxy) is 1. The summed E-state index contributed by atoms with van der Waals surface area (Å²) >= 11 is 0. The minimum atomic E-state index is 0.0437. The van der Waals surface area contributed by atoms with Gasteiger partial charge in [0.1, 0.15) is 5.75 Å². The first kappa shape index (κ1) is 20.0. The van der Waals surface area contributed by atoms with Crippen LogP contribution in [0.2, 0.25) is 0 Å². The maximum Gasteiger partial charge on any atom is 0.224 e. The molecule has 0 radical (unpaired) electrons. The van der Waals surface area contributed by atoms with Crippen molar-refractivity contribution in [3.8, 4) is 5.75 Å². The average molecular weight is 354 g/mol. The third-order valence-electron chi connectivity index (χ3n) is 4.53. The second kappa shape index (κ2) is 10.6. The van der Waals surface area contributed by atoms with Crippen molar-refractivity contribution < 1.29 is 9.53 Å². The predicted octanol–water partition coefficient (Wildman–Crippen LogP) is 3.83. The lowest BCUT2D eigenvalue weighted by molar-refractivity contribution is -0.120. The Morgan fingerprint density at radius 2 is 1.65 bits per heavy atom. The second-order valence-corrected chi connectivity index (χ2v) is 6.21. The molecule has 0 aromatic heterocycles. The van der Waals surface area contributed by atoms with Crippen molar-refractivity contribution in [2.24, 2.45) is 0 Å². The van der Waals surface area contributed by atoms with Gasteiger partial charge in [-0.2, -0.15) is 0 Å². The highest BCUT2D eigenvalue weighted by molar-refractivity contribution is 5.78. The van der Waals surface area contributed by atoms with E-state index >= 15 is 0 Å². The predicted molar refractivity (Wildman–Crippen MR) is 106 cm³/mol. The number of carbonyl (C=O) groups is 1. The van der Waals surface area contributed by atoms with E-state index in [0.29, 0.717) is 19.6 Å². The van der Waals surface area contributed by atoms with E-state index in [1.54, 1.807) is 0 Å². The summed E-state index contributed by atoms with van der Waals surface area (Å²) in [4.78, 5) is 14.8. The molecule has 2 aromatic rings. The van der Waals surface area contributed by atoms with Gasteiger partial charge in [0.15, 0.2) is 0 Å². The molecule has 2 rings (SSSR count). The molecule has 0 saturated carbocycles. The van der Waals surface area contributed by atoms with E-state index in [9.17, 15) is 4.79 Å². The molecule has 0 heterocycles. The van der Waals surface area contributed by atoms with Gasteiger partial charge in [0.2, 0.25) is 5.91 Å². The molecule has 4 nitrogen and oxygen atoms in total. The summed E-state index contributed by atoms with van der Waals surface area (Å²) in [5.74, 6) is 0.879. The minimum absolute atomic E-state index is 0.0437. The van der Waals surface area contributed by atoms with Crippen LogP contribution < -0.4 is 10.1 Å². The van der Waals surface area contributed by atoms with Crippen molar-refractivity contribution >= 4 is 5.91 Å². The van der Waals surface area contributed by atoms with Gasteiger partial charge < -0.3 is 10.1 Å². The second-order valence-electron chi connectivity index (χ2n) is 6.21. The van der Waals surface area contributed by atoms with Gasteiger partial charge in [0.25, 0.3) is 0 Å². The van der Waals surface area contributed by atoms with Crippen molar-refractivity contribution in [2.45, 2.75) is 33.2 Å². The average Bonchev–Trinajstić information content (AvgIpc) is 2.67. The lowest BCUT2D eigenvalue weighted by Gasteiger charge is -2.30. The van der Waals surface area contributed by atoms with Crippen LogP contribution in [0.4, 0.5) is 0 Å². The number of benzene rings is 2. The number of hydrogen-bond donors (Lipinski definition) is 1. The van der Waals surface area contributed by atoms with E-state index < -0.39 is 0 Å². The van der Waals surface area contributed by atoms with Gasteiger partial charge in [0, 0.05) is 6.54 Å². The number of nitrogens with one attached hydrogen (secondary N) is 1. The Morgan fingerprint density at radius 3 is 2.23 bits per heavy atom. The Kier molecular flexibility index (Phi) is 8.16. The molecule has 0 saturated heterocycles. The lowest BCUT2D eigenvalue weighted by atomic mass is 10.0. The standard InChI is InChI=1S/C22H30N2O2/c1-4-24(5-2)21(19-10-8-7-9-11-19)17-23-22(25)16-18-12-14-20(15-13-18)26-6-3/h7-15,21H,4-6,16-17H2,1-3H3,(H,23,25). The molecule has 26 heavy (non-hydrogen) atoms. The normalized spacial score (nSPS) is 12.0. The molecule has 140 valence electrons. The van der Waals surface area contributed by atoms with Gasteiger partial charge in [0.05, 0.1) is 19.1 Å². The van der Waals surface area contributed by atoms with Crippen molar-refractivity contribution in [3.05, 3.63) is 65.7 Å². The summed E-state index contributed by atoms with van der Waals surface area (Å²) in [6, 6.07) is 18.3. The molecule has 2 aromatic carbocycles. The highest BCUT2D eigenvalue weighted by Crippen LogP contribution is 2.19. The van der Waals surface area contributed by atoms with E-state index in [1.807, 2.05) is 49.4 Å². The van der Waals surface area contributed by atoms with Gasteiger partial charge in [-0.25, -0.2) is 0 Å². The Labute approximate surface area is 157 Å². The van der Waals surface area contributed by atoms with Crippen molar-refractivity contribution in [1.29, 1.82) is 0 Å². The van der Waals surface area contributed by atoms with Crippen LogP contribution in [0.1, 0.15) is 37.9 Å². The first-order chi connectivity index (χ1) is 12.7. The highest BCUT2D eigenvalue weighted by Gasteiger charge is 2.18. The smallest absolute Gasteiger partial charge is 0.224 e. The van der Waals surface area contributed by atoms with Crippen molar-refractivity contribution in [3.63, 3.8) is 0 Å². The molecule has 1 atom stereocenters. The zero-order valence-corrected chi connectivity index (χ0v) is 16.1. The van der Waals surface area contributed by atoms with Crippen molar-refractivity contribution in [1.82, 2.24) is 10.2 Å². The number of likely N-dealkylation sites (N-methyl/N-ethyl adjacent to an activating group) is 1.